The number of aryl methyl sites for hydroxylation is 1. The Morgan fingerprint density at radius 2 is 2.00 bits per heavy atom. The van der Waals surface area contributed by atoms with Crippen molar-refractivity contribution in [1.82, 2.24) is 18.7 Å². The molecule has 3 heterocycles. The molecule has 10 nitrogen and oxygen atoms in total. The number of anilines is 1. The van der Waals surface area contributed by atoms with E-state index in [4.69, 9.17) is 5.11 Å². The van der Waals surface area contributed by atoms with Gasteiger partial charge in [-0.05, 0) is 13.0 Å². The molecule has 1 N–H and O–H groups in total. The minimum atomic E-state index is -1.12. The van der Waals surface area contributed by atoms with Gasteiger partial charge < -0.3 is 5.11 Å². The van der Waals surface area contributed by atoms with Crippen LogP contribution in [0.2, 0.25) is 0 Å². The fourth-order valence-electron chi connectivity index (χ4n) is 3.39. The van der Waals surface area contributed by atoms with Gasteiger partial charge in [-0.3, -0.25) is 23.3 Å². The number of rotatable bonds is 4. The highest BCUT2D eigenvalue weighted by Crippen LogP contribution is 2.23. The third kappa shape index (κ3) is 3.00. The average molecular weight is 400 g/mol. The van der Waals surface area contributed by atoms with Crippen molar-refractivity contribution in [2.24, 2.45) is 12.1 Å². The lowest BCUT2D eigenvalue weighted by molar-refractivity contribution is -0.135. The summed E-state index contributed by atoms with van der Waals surface area (Å²) in [5, 5.41) is 14.5. The second-order valence-electron chi connectivity index (χ2n) is 6.78. The smallest absolute Gasteiger partial charge is 0.332 e. The van der Waals surface area contributed by atoms with E-state index >= 15 is 0 Å². The van der Waals surface area contributed by atoms with Crippen LogP contribution < -0.4 is 16.3 Å². The Kier molecular flexibility index (Phi) is 4.29. The van der Waals surface area contributed by atoms with Crippen LogP contribution in [0.25, 0.3) is 11.2 Å². The third-order valence-corrected chi connectivity index (χ3v) is 4.69. The van der Waals surface area contributed by atoms with Crippen LogP contribution in [0.4, 0.5) is 10.3 Å². The van der Waals surface area contributed by atoms with Crippen LogP contribution in [0.3, 0.4) is 0 Å². The highest BCUT2D eigenvalue weighted by atomic mass is 19.1. The molecule has 0 spiro atoms. The molecule has 0 radical (unpaired) electrons. The number of carboxylic acid groups (broad SMARTS) is 1. The second-order valence-corrected chi connectivity index (χ2v) is 6.78. The molecule has 150 valence electrons. The Hall–Kier alpha value is -3.76. The van der Waals surface area contributed by atoms with E-state index in [1.807, 2.05) is 0 Å². The molecule has 0 fully saturated rings. The van der Waals surface area contributed by atoms with Gasteiger partial charge in [-0.25, -0.2) is 14.2 Å². The van der Waals surface area contributed by atoms with Gasteiger partial charge in [0.1, 0.15) is 12.4 Å². The number of carbonyl (C=O) groups is 1. The number of aliphatic carboxylic acids is 1. The Balaban J connectivity index is 1.95. The number of aromatic nitrogens is 4. The number of nitrogens with zero attached hydrogens (tertiary/aromatic N) is 6. The van der Waals surface area contributed by atoms with E-state index in [0.717, 1.165) is 4.57 Å². The molecule has 3 aromatic rings. The summed E-state index contributed by atoms with van der Waals surface area (Å²) < 4.78 is 17.7. The zero-order valence-electron chi connectivity index (χ0n) is 15.7. The average Bonchev–Trinajstić information content (AvgIpc) is 3.04. The van der Waals surface area contributed by atoms with Crippen molar-refractivity contribution in [2.45, 2.75) is 20.0 Å². The van der Waals surface area contributed by atoms with E-state index in [-0.39, 0.29) is 35.8 Å². The largest absolute Gasteiger partial charge is 0.480 e. The zero-order valence-corrected chi connectivity index (χ0v) is 15.7. The lowest BCUT2D eigenvalue weighted by Gasteiger charge is -2.23. The zero-order chi connectivity index (χ0) is 20.9. The standard InChI is InChI=1S/C18H17FN6O4/c1-10-7-23-14-15(20-17(23)25(21-10)9-13(26)27)22(2)18(29)24(16(14)28)8-11-5-3-4-6-12(11)19/h3-6H,7-9H2,1-2H3,(H,26,27). The van der Waals surface area contributed by atoms with E-state index in [1.165, 1.54) is 39.4 Å². The van der Waals surface area contributed by atoms with Crippen molar-refractivity contribution in [3.8, 4) is 0 Å². The highest BCUT2D eigenvalue weighted by molar-refractivity contribution is 5.88. The molecular formula is C18H17FN6O4. The van der Waals surface area contributed by atoms with Crippen LogP contribution in [0.5, 0.6) is 0 Å². The molecule has 29 heavy (non-hydrogen) atoms. The monoisotopic (exact) mass is 400 g/mol. The maximum atomic E-state index is 14.1. The minimum absolute atomic E-state index is 0.111. The maximum Gasteiger partial charge on any atom is 0.332 e. The highest BCUT2D eigenvalue weighted by Gasteiger charge is 2.27. The van der Waals surface area contributed by atoms with E-state index in [9.17, 15) is 18.8 Å². The van der Waals surface area contributed by atoms with Gasteiger partial charge in [-0.15, -0.1) is 0 Å². The fourth-order valence-corrected chi connectivity index (χ4v) is 3.39. The van der Waals surface area contributed by atoms with E-state index in [2.05, 4.69) is 10.1 Å². The summed E-state index contributed by atoms with van der Waals surface area (Å²) in [6, 6.07) is 5.91. The Morgan fingerprint density at radius 3 is 2.69 bits per heavy atom. The maximum absolute atomic E-state index is 14.1. The summed E-state index contributed by atoms with van der Waals surface area (Å²) in [6.07, 6.45) is 0. The van der Waals surface area contributed by atoms with Crippen LogP contribution >= 0.6 is 0 Å². The number of halogens is 1. The molecule has 1 aliphatic rings. The predicted molar refractivity (Wildman–Crippen MR) is 103 cm³/mol. The number of benzene rings is 1. The second kappa shape index (κ2) is 6.69. The molecule has 0 unspecified atom stereocenters. The lowest BCUT2D eigenvalue weighted by Crippen LogP contribution is -2.40. The minimum Gasteiger partial charge on any atom is -0.480 e. The van der Waals surface area contributed by atoms with Crippen LogP contribution in [0, 0.1) is 5.82 Å². The van der Waals surface area contributed by atoms with Crippen molar-refractivity contribution in [3.63, 3.8) is 0 Å². The van der Waals surface area contributed by atoms with Gasteiger partial charge in [0.05, 0.1) is 18.8 Å². The van der Waals surface area contributed by atoms with Crippen LogP contribution in [0.15, 0.2) is 39.0 Å². The molecule has 2 aromatic heterocycles. The summed E-state index contributed by atoms with van der Waals surface area (Å²) >= 11 is 0. The van der Waals surface area contributed by atoms with Gasteiger partial charge in [-0.2, -0.15) is 10.1 Å². The van der Waals surface area contributed by atoms with Gasteiger partial charge in [0.15, 0.2) is 11.2 Å². The van der Waals surface area contributed by atoms with Crippen LogP contribution in [-0.2, 0) is 24.9 Å². The van der Waals surface area contributed by atoms with Gasteiger partial charge in [0, 0.05) is 12.6 Å². The molecule has 0 saturated carbocycles. The normalized spacial score (nSPS) is 13.5. The van der Waals surface area contributed by atoms with Crippen molar-refractivity contribution >= 4 is 28.8 Å². The molecule has 1 aliphatic heterocycles. The summed E-state index contributed by atoms with van der Waals surface area (Å²) in [4.78, 5) is 41.4. The Bertz CT molecular complexity index is 1300. The number of hydrazone groups is 1. The summed E-state index contributed by atoms with van der Waals surface area (Å²) in [5.74, 6) is -1.48. The molecule has 11 heteroatoms. The number of imidazole rings is 1. The number of hydrogen-bond acceptors (Lipinski definition) is 6. The molecule has 0 atom stereocenters. The van der Waals surface area contributed by atoms with E-state index < -0.39 is 29.6 Å². The topological polar surface area (TPSA) is 115 Å². The number of carboxylic acids is 1. The molecule has 0 saturated heterocycles. The molecule has 0 amide bonds. The molecule has 0 bridgehead atoms. The first-order valence-corrected chi connectivity index (χ1v) is 8.74. The quantitative estimate of drug-likeness (QED) is 0.677. The molecule has 4 rings (SSSR count). The van der Waals surface area contributed by atoms with E-state index in [1.54, 1.807) is 13.0 Å². The molecule has 1 aromatic carbocycles. The Morgan fingerprint density at radius 1 is 1.28 bits per heavy atom. The van der Waals surface area contributed by atoms with Crippen LogP contribution in [-0.4, -0.2) is 42.0 Å². The molecular weight excluding hydrogens is 383 g/mol. The molecule has 0 aliphatic carbocycles. The lowest BCUT2D eigenvalue weighted by atomic mass is 10.2. The van der Waals surface area contributed by atoms with Crippen LogP contribution in [0.1, 0.15) is 12.5 Å². The van der Waals surface area contributed by atoms with Gasteiger partial charge in [0.2, 0.25) is 5.95 Å². The number of hydrogen-bond donors (Lipinski definition) is 1. The summed E-state index contributed by atoms with van der Waals surface area (Å²) in [5.41, 5.74) is -0.261. The SMILES string of the molecule is CC1=NN(CC(=O)O)c2nc3c(c(=O)n(Cc4ccccc4F)c(=O)n3C)n2C1. The Labute approximate surface area is 162 Å². The van der Waals surface area contributed by atoms with Crippen molar-refractivity contribution in [2.75, 3.05) is 11.6 Å². The van der Waals surface area contributed by atoms with Gasteiger partial charge >= 0.3 is 11.7 Å². The third-order valence-electron chi connectivity index (χ3n) is 4.69. The first-order chi connectivity index (χ1) is 13.8. The van der Waals surface area contributed by atoms with E-state index in [0.29, 0.717) is 5.71 Å². The number of fused-ring (bicyclic) bond motifs is 3. The summed E-state index contributed by atoms with van der Waals surface area (Å²) in [6.45, 7) is 1.23. The first kappa shape index (κ1) is 18.6. The first-order valence-electron chi connectivity index (χ1n) is 8.74. The summed E-state index contributed by atoms with van der Waals surface area (Å²) in [7, 11) is 1.45. The van der Waals surface area contributed by atoms with Crippen molar-refractivity contribution in [3.05, 3.63) is 56.5 Å². The van der Waals surface area contributed by atoms with Gasteiger partial charge in [-0.1, -0.05) is 18.2 Å². The van der Waals surface area contributed by atoms with Gasteiger partial charge in [0.25, 0.3) is 5.56 Å². The predicted octanol–water partition coefficient (Wildman–Crippen LogP) is 0.365. The van der Waals surface area contributed by atoms with Crippen molar-refractivity contribution in [1.29, 1.82) is 0 Å². The fraction of sp³-hybridized carbons (Fsp3) is 0.278. The van der Waals surface area contributed by atoms with Crippen molar-refractivity contribution < 1.29 is 14.3 Å².